The van der Waals surface area contributed by atoms with Crippen LogP contribution in [0.4, 0.5) is 0 Å². The van der Waals surface area contributed by atoms with E-state index in [0.717, 1.165) is 51.7 Å². The van der Waals surface area contributed by atoms with Crippen LogP contribution in [0, 0.1) is 0 Å². The summed E-state index contributed by atoms with van der Waals surface area (Å²) in [5, 5.41) is 12.4. The first-order valence-corrected chi connectivity index (χ1v) is 5.69. The van der Waals surface area contributed by atoms with Crippen LogP contribution in [0.2, 0.25) is 0 Å². The summed E-state index contributed by atoms with van der Waals surface area (Å²) >= 11 is 0. The van der Waals surface area contributed by atoms with Crippen molar-refractivity contribution in [3.8, 4) is 0 Å². The molecule has 2 N–H and O–H groups in total. The van der Waals surface area contributed by atoms with Crippen molar-refractivity contribution in [3.63, 3.8) is 0 Å². The Bertz CT molecular complexity index is 200. The molecule has 0 aromatic rings. The largest absolute Gasteiger partial charge is 0.480 e. The van der Waals surface area contributed by atoms with Crippen LogP contribution in [-0.4, -0.2) is 36.9 Å². The number of carboxylic acid groups (broad SMARTS) is 1. The van der Waals surface area contributed by atoms with Crippen molar-refractivity contribution in [1.29, 1.82) is 0 Å². The molecule has 0 aliphatic heterocycles. The molecule has 15 heavy (non-hydrogen) atoms. The smallest absolute Gasteiger partial charge is 0.323 e. The van der Waals surface area contributed by atoms with Gasteiger partial charge in [-0.2, -0.15) is 0 Å². The second-order valence-electron chi connectivity index (χ2n) is 4.22. The van der Waals surface area contributed by atoms with Gasteiger partial charge in [-0.05, 0) is 32.2 Å². The van der Waals surface area contributed by atoms with Crippen molar-refractivity contribution >= 4 is 5.97 Å². The zero-order valence-corrected chi connectivity index (χ0v) is 9.42. The molecule has 0 bridgehead atoms. The van der Waals surface area contributed by atoms with E-state index in [1.54, 1.807) is 7.11 Å². The van der Waals surface area contributed by atoms with Crippen LogP contribution < -0.4 is 5.32 Å². The molecule has 0 radical (unpaired) electrons. The van der Waals surface area contributed by atoms with Gasteiger partial charge in [0.25, 0.3) is 0 Å². The SMILES string of the molecule is COCCCCNC1(C(=O)O)CCCC1. The molecule has 4 nitrogen and oxygen atoms in total. The van der Waals surface area contributed by atoms with Crippen molar-refractivity contribution < 1.29 is 14.6 Å². The number of hydrogen-bond acceptors (Lipinski definition) is 3. The third-order valence-corrected chi connectivity index (χ3v) is 3.11. The summed E-state index contributed by atoms with van der Waals surface area (Å²) in [6.45, 7) is 1.53. The quantitative estimate of drug-likeness (QED) is 0.630. The number of ether oxygens (including phenoxy) is 1. The van der Waals surface area contributed by atoms with Gasteiger partial charge >= 0.3 is 5.97 Å². The van der Waals surface area contributed by atoms with Crippen LogP contribution in [0.3, 0.4) is 0 Å². The molecule has 0 atom stereocenters. The second kappa shape index (κ2) is 6.08. The minimum atomic E-state index is -0.688. The zero-order valence-electron chi connectivity index (χ0n) is 9.42. The molecular formula is C11H21NO3. The Morgan fingerprint density at radius 2 is 2.07 bits per heavy atom. The van der Waals surface area contributed by atoms with E-state index in [1.165, 1.54) is 0 Å². The van der Waals surface area contributed by atoms with Crippen LogP contribution in [0.1, 0.15) is 38.5 Å². The van der Waals surface area contributed by atoms with Crippen molar-refractivity contribution in [2.45, 2.75) is 44.1 Å². The van der Waals surface area contributed by atoms with E-state index in [9.17, 15) is 9.90 Å². The molecule has 1 saturated carbocycles. The van der Waals surface area contributed by atoms with Crippen LogP contribution in [-0.2, 0) is 9.53 Å². The first kappa shape index (κ1) is 12.5. The van der Waals surface area contributed by atoms with Gasteiger partial charge in [-0.3, -0.25) is 4.79 Å². The van der Waals surface area contributed by atoms with Crippen LogP contribution in [0.25, 0.3) is 0 Å². The highest BCUT2D eigenvalue weighted by Crippen LogP contribution is 2.29. The number of unbranched alkanes of at least 4 members (excludes halogenated alkanes) is 1. The summed E-state index contributed by atoms with van der Waals surface area (Å²) in [4.78, 5) is 11.2. The minimum Gasteiger partial charge on any atom is -0.480 e. The molecule has 1 aliphatic rings. The lowest BCUT2D eigenvalue weighted by Crippen LogP contribution is -2.50. The number of nitrogens with one attached hydrogen (secondary N) is 1. The van der Waals surface area contributed by atoms with Gasteiger partial charge in [0.15, 0.2) is 0 Å². The fourth-order valence-electron chi connectivity index (χ4n) is 2.14. The van der Waals surface area contributed by atoms with E-state index < -0.39 is 11.5 Å². The van der Waals surface area contributed by atoms with Gasteiger partial charge in [0.05, 0.1) is 0 Å². The Morgan fingerprint density at radius 3 is 2.60 bits per heavy atom. The Labute approximate surface area is 91.0 Å². The van der Waals surface area contributed by atoms with Crippen molar-refractivity contribution in [2.75, 3.05) is 20.3 Å². The van der Waals surface area contributed by atoms with Crippen LogP contribution >= 0.6 is 0 Å². The zero-order chi connectivity index (χ0) is 11.1. The maximum atomic E-state index is 11.2. The summed E-state index contributed by atoms with van der Waals surface area (Å²) in [5.74, 6) is -0.688. The van der Waals surface area contributed by atoms with E-state index in [4.69, 9.17) is 4.74 Å². The molecule has 0 saturated heterocycles. The number of methoxy groups -OCH3 is 1. The number of hydrogen-bond donors (Lipinski definition) is 2. The van der Waals surface area contributed by atoms with Crippen molar-refractivity contribution in [1.82, 2.24) is 5.32 Å². The average Bonchev–Trinajstić information content (AvgIpc) is 2.67. The van der Waals surface area contributed by atoms with Gasteiger partial charge in [-0.25, -0.2) is 0 Å². The monoisotopic (exact) mass is 215 g/mol. The lowest BCUT2D eigenvalue weighted by Gasteiger charge is -2.25. The van der Waals surface area contributed by atoms with E-state index in [-0.39, 0.29) is 0 Å². The number of aliphatic carboxylic acids is 1. The Morgan fingerprint density at radius 1 is 1.40 bits per heavy atom. The van der Waals surface area contributed by atoms with Crippen LogP contribution in [0.5, 0.6) is 0 Å². The first-order valence-electron chi connectivity index (χ1n) is 5.69. The van der Waals surface area contributed by atoms with Gasteiger partial charge < -0.3 is 15.2 Å². The van der Waals surface area contributed by atoms with Gasteiger partial charge in [-0.15, -0.1) is 0 Å². The Hall–Kier alpha value is -0.610. The maximum Gasteiger partial charge on any atom is 0.323 e. The van der Waals surface area contributed by atoms with Gasteiger partial charge in [0.2, 0.25) is 0 Å². The summed E-state index contributed by atoms with van der Waals surface area (Å²) in [6.07, 6.45) is 5.55. The fourth-order valence-corrected chi connectivity index (χ4v) is 2.14. The molecule has 0 heterocycles. The molecule has 88 valence electrons. The summed E-state index contributed by atoms with van der Waals surface area (Å²) in [7, 11) is 1.68. The minimum absolute atomic E-state index is 0.632. The predicted octanol–water partition coefficient (Wildman–Crippen LogP) is 1.40. The highest BCUT2D eigenvalue weighted by atomic mass is 16.5. The Balaban J connectivity index is 2.24. The molecule has 0 aromatic heterocycles. The third kappa shape index (κ3) is 3.47. The maximum absolute atomic E-state index is 11.2. The third-order valence-electron chi connectivity index (χ3n) is 3.11. The summed E-state index contributed by atoms with van der Waals surface area (Å²) < 4.78 is 4.94. The highest BCUT2D eigenvalue weighted by Gasteiger charge is 2.40. The molecular weight excluding hydrogens is 194 g/mol. The lowest BCUT2D eigenvalue weighted by molar-refractivity contribution is -0.144. The number of rotatable bonds is 7. The van der Waals surface area contributed by atoms with Gasteiger partial charge in [0.1, 0.15) is 5.54 Å². The van der Waals surface area contributed by atoms with Gasteiger partial charge in [-0.1, -0.05) is 12.8 Å². The molecule has 0 unspecified atom stereocenters. The highest BCUT2D eigenvalue weighted by molar-refractivity contribution is 5.79. The molecule has 1 rings (SSSR count). The van der Waals surface area contributed by atoms with E-state index >= 15 is 0 Å². The molecule has 1 fully saturated rings. The summed E-state index contributed by atoms with van der Waals surface area (Å²) in [6, 6.07) is 0. The van der Waals surface area contributed by atoms with E-state index in [1.807, 2.05) is 0 Å². The number of carboxylic acids is 1. The first-order chi connectivity index (χ1) is 7.21. The van der Waals surface area contributed by atoms with Crippen molar-refractivity contribution in [3.05, 3.63) is 0 Å². The molecule has 0 aromatic carbocycles. The second-order valence-corrected chi connectivity index (χ2v) is 4.22. The normalized spacial score (nSPS) is 19.3. The predicted molar refractivity (Wildman–Crippen MR) is 57.9 cm³/mol. The van der Waals surface area contributed by atoms with Crippen molar-refractivity contribution in [2.24, 2.45) is 0 Å². The standard InChI is InChI=1S/C11H21NO3/c1-15-9-5-4-8-12-11(10(13)14)6-2-3-7-11/h12H,2-9H2,1H3,(H,13,14). The number of carbonyl (C=O) groups is 1. The molecule has 0 spiro atoms. The fraction of sp³-hybridized carbons (Fsp3) is 0.909. The summed E-state index contributed by atoms with van der Waals surface area (Å²) in [5.41, 5.74) is -0.632. The lowest BCUT2D eigenvalue weighted by atomic mass is 9.98. The molecule has 4 heteroatoms. The van der Waals surface area contributed by atoms with E-state index in [0.29, 0.717) is 0 Å². The average molecular weight is 215 g/mol. The van der Waals surface area contributed by atoms with Crippen LogP contribution in [0.15, 0.2) is 0 Å². The topological polar surface area (TPSA) is 58.6 Å². The van der Waals surface area contributed by atoms with Gasteiger partial charge in [0, 0.05) is 13.7 Å². The van der Waals surface area contributed by atoms with E-state index in [2.05, 4.69) is 5.32 Å². The Kier molecular flexibility index (Phi) is 5.05. The molecule has 0 amide bonds. The molecule has 1 aliphatic carbocycles.